The van der Waals surface area contributed by atoms with E-state index in [4.69, 9.17) is 4.74 Å². The van der Waals surface area contributed by atoms with Gasteiger partial charge in [-0.1, -0.05) is 91.0 Å². The van der Waals surface area contributed by atoms with Crippen molar-refractivity contribution in [2.24, 2.45) is 0 Å². The molecule has 0 saturated carbocycles. The van der Waals surface area contributed by atoms with Crippen LogP contribution in [-0.4, -0.2) is 52.9 Å². The van der Waals surface area contributed by atoms with Gasteiger partial charge in [0.15, 0.2) is 0 Å². The highest BCUT2D eigenvalue weighted by atomic mass is 32.2. The molecule has 0 bridgehead atoms. The molecule has 6 atom stereocenters. The van der Waals surface area contributed by atoms with Gasteiger partial charge in [0.25, 0.3) is 0 Å². The monoisotopic (exact) mass is 709 g/mol. The summed E-state index contributed by atoms with van der Waals surface area (Å²) in [4.78, 5) is 0. The molecule has 0 spiro atoms. The van der Waals surface area contributed by atoms with Gasteiger partial charge < -0.3 is 25.2 Å². The highest BCUT2D eigenvalue weighted by Crippen LogP contribution is 2.50. The van der Waals surface area contributed by atoms with Crippen molar-refractivity contribution in [2.75, 3.05) is 10.9 Å². The lowest BCUT2D eigenvalue weighted by Gasteiger charge is -2.48. The molecule has 4 N–H and O–H groups in total. The maximum Gasteiger partial charge on any atom is 0.241 e. The number of aliphatic hydroxyl groups excluding tert-OH is 3. The predicted octanol–water partition coefficient (Wildman–Crippen LogP) is 7.21. The first-order valence-corrected chi connectivity index (χ1v) is 18.6. The van der Waals surface area contributed by atoms with Crippen LogP contribution < -0.4 is 4.31 Å². The van der Waals surface area contributed by atoms with E-state index in [1.807, 2.05) is 72.8 Å². The number of hydrogen-bond donors (Lipinski definition) is 4. The standard InChI is InChI=1S/C41H40FNO7S/c42-32-15-10-29(11-16-32)37(46)20-21-40-41(43(51(40,48)49)33-17-12-27(13-18-33)26-4-2-1-3-5-26)36-19-14-31(22-38(36)47)28-6-8-30(9-7-28)39-24-34(45)23-35(25-44)50-39/h1-19,22,34-35,37,39-41,44-47H,20-21,23-25H2/t34?,35?,37?,39?,40-,41?/m1/s1. The molecule has 264 valence electrons. The highest BCUT2D eigenvalue weighted by Gasteiger charge is 2.55. The van der Waals surface area contributed by atoms with E-state index in [9.17, 15) is 33.2 Å². The van der Waals surface area contributed by atoms with Crippen molar-refractivity contribution in [3.8, 4) is 28.0 Å². The molecule has 2 fully saturated rings. The summed E-state index contributed by atoms with van der Waals surface area (Å²) in [6.45, 7) is -0.161. The summed E-state index contributed by atoms with van der Waals surface area (Å²) in [5.41, 5.74) is 5.76. The maximum atomic E-state index is 14.0. The lowest BCUT2D eigenvalue weighted by Crippen LogP contribution is -2.58. The van der Waals surface area contributed by atoms with Crippen molar-refractivity contribution in [1.29, 1.82) is 0 Å². The second kappa shape index (κ2) is 14.6. The number of phenolic OH excluding ortho intramolecular Hbond substituents is 1. The van der Waals surface area contributed by atoms with Crippen molar-refractivity contribution in [1.82, 2.24) is 0 Å². The van der Waals surface area contributed by atoms with E-state index in [1.165, 1.54) is 28.6 Å². The topological polar surface area (TPSA) is 128 Å². The Balaban J connectivity index is 1.17. The van der Waals surface area contributed by atoms with Crippen LogP contribution in [0.25, 0.3) is 22.3 Å². The minimum absolute atomic E-state index is 0.0593. The molecule has 2 saturated heterocycles. The van der Waals surface area contributed by atoms with E-state index in [0.717, 1.165) is 27.8 Å². The van der Waals surface area contributed by atoms with Crippen LogP contribution in [0.1, 0.15) is 60.6 Å². The van der Waals surface area contributed by atoms with E-state index in [-0.39, 0.29) is 31.3 Å². The third-order valence-electron chi connectivity index (χ3n) is 10.0. The van der Waals surface area contributed by atoms with Gasteiger partial charge in [-0.05, 0) is 76.6 Å². The fourth-order valence-corrected chi connectivity index (χ4v) is 9.41. The zero-order valence-electron chi connectivity index (χ0n) is 27.8. The second-order valence-electron chi connectivity index (χ2n) is 13.3. The number of ether oxygens (including phenoxy) is 1. The van der Waals surface area contributed by atoms with Gasteiger partial charge in [-0.15, -0.1) is 0 Å². The van der Waals surface area contributed by atoms with Crippen LogP contribution in [0.3, 0.4) is 0 Å². The smallest absolute Gasteiger partial charge is 0.241 e. The Morgan fingerprint density at radius 3 is 2.10 bits per heavy atom. The molecular formula is C41H40FNO7S. The van der Waals surface area contributed by atoms with Gasteiger partial charge in [0.05, 0.1) is 42.8 Å². The number of aromatic hydroxyl groups is 1. The summed E-state index contributed by atoms with van der Waals surface area (Å²) in [6, 6.07) is 34.6. The van der Waals surface area contributed by atoms with Crippen molar-refractivity contribution in [3.05, 3.63) is 144 Å². The Bertz CT molecular complexity index is 2060. The fourth-order valence-electron chi connectivity index (χ4n) is 7.29. The lowest BCUT2D eigenvalue weighted by atomic mass is 9.92. The number of aliphatic hydroxyl groups is 3. The van der Waals surface area contributed by atoms with E-state index in [1.54, 1.807) is 24.3 Å². The predicted molar refractivity (Wildman–Crippen MR) is 194 cm³/mol. The van der Waals surface area contributed by atoms with Crippen LogP contribution in [-0.2, 0) is 14.8 Å². The molecule has 0 radical (unpaired) electrons. The molecule has 0 aromatic heterocycles. The zero-order valence-corrected chi connectivity index (χ0v) is 28.6. The molecule has 7 rings (SSSR count). The lowest BCUT2D eigenvalue weighted by molar-refractivity contribution is -0.113. The minimum Gasteiger partial charge on any atom is -0.508 e. The first-order valence-electron chi connectivity index (χ1n) is 17.1. The maximum absolute atomic E-state index is 14.0. The van der Waals surface area contributed by atoms with Crippen molar-refractivity contribution in [3.63, 3.8) is 0 Å². The second-order valence-corrected chi connectivity index (χ2v) is 15.4. The normalized spacial score (nSPS) is 23.4. The molecule has 2 aliphatic heterocycles. The SMILES string of the molecule is O=S1(=O)[C@H](CCC(O)c2ccc(F)cc2)C(c2ccc(-c3ccc(C4CC(O)CC(CO)O4)cc3)cc2O)N1c1ccc(-c2ccccc2)cc1. The molecule has 0 aliphatic carbocycles. The molecule has 0 amide bonds. The molecule has 8 nitrogen and oxygen atoms in total. The summed E-state index contributed by atoms with van der Waals surface area (Å²) < 4.78 is 48.7. The molecule has 10 heteroatoms. The van der Waals surface area contributed by atoms with E-state index in [0.29, 0.717) is 29.7 Å². The summed E-state index contributed by atoms with van der Waals surface area (Å²) in [5, 5.41) is 41.2. The first kappa shape index (κ1) is 34.9. The average molecular weight is 710 g/mol. The van der Waals surface area contributed by atoms with Crippen molar-refractivity contribution < 1.29 is 38.0 Å². The number of halogens is 1. The van der Waals surface area contributed by atoms with Crippen LogP contribution in [0.2, 0.25) is 0 Å². The fraction of sp³-hybridized carbons (Fsp3) is 0.268. The number of anilines is 1. The van der Waals surface area contributed by atoms with Gasteiger partial charge in [-0.3, -0.25) is 4.31 Å². The van der Waals surface area contributed by atoms with Crippen molar-refractivity contribution >= 4 is 15.7 Å². The Morgan fingerprint density at radius 1 is 0.804 bits per heavy atom. The van der Waals surface area contributed by atoms with Crippen LogP contribution in [0.4, 0.5) is 10.1 Å². The minimum atomic E-state index is -3.87. The highest BCUT2D eigenvalue weighted by molar-refractivity contribution is 7.95. The molecule has 2 aliphatic rings. The largest absolute Gasteiger partial charge is 0.508 e. The van der Waals surface area contributed by atoms with Gasteiger partial charge in [-0.25, -0.2) is 12.8 Å². The molecular weight excluding hydrogens is 670 g/mol. The van der Waals surface area contributed by atoms with Crippen LogP contribution in [0.15, 0.2) is 121 Å². The Kier molecular flexibility index (Phi) is 9.96. The summed E-state index contributed by atoms with van der Waals surface area (Å²) in [7, 11) is -3.87. The Labute approximate surface area is 297 Å². The average Bonchev–Trinajstić information content (AvgIpc) is 3.14. The van der Waals surface area contributed by atoms with Crippen LogP contribution in [0.5, 0.6) is 5.75 Å². The first-order chi connectivity index (χ1) is 24.6. The Morgan fingerprint density at radius 2 is 1.43 bits per heavy atom. The van der Waals surface area contributed by atoms with Crippen molar-refractivity contribution in [2.45, 2.75) is 61.4 Å². The van der Waals surface area contributed by atoms with E-state index < -0.39 is 45.4 Å². The number of nitrogens with zero attached hydrogens (tertiary/aromatic N) is 1. The van der Waals surface area contributed by atoms with Gasteiger partial charge in [-0.2, -0.15) is 0 Å². The number of benzene rings is 5. The van der Waals surface area contributed by atoms with E-state index >= 15 is 0 Å². The third kappa shape index (κ3) is 7.15. The van der Waals surface area contributed by atoms with Gasteiger partial charge >= 0.3 is 0 Å². The van der Waals surface area contributed by atoms with Gasteiger partial charge in [0.1, 0.15) is 16.8 Å². The van der Waals surface area contributed by atoms with Gasteiger partial charge in [0.2, 0.25) is 10.0 Å². The van der Waals surface area contributed by atoms with Crippen LogP contribution >= 0.6 is 0 Å². The zero-order chi connectivity index (χ0) is 35.7. The molecule has 5 aromatic carbocycles. The van der Waals surface area contributed by atoms with Crippen LogP contribution in [0, 0.1) is 5.82 Å². The van der Waals surface area contributed by atoms with Gasteiger partial charge in [0, 0.05) is 18.4 Å². The summed E-state index contributed by atoms with van der Waals surface area (Å²) >= 11 is 0. The summed E-state index contributed by atoms with van der Waals surface area (Å²) in [5.74, 6) is -0.485. The molecule has 5 aromatic rings. The number of rotatable bonds is 10. The Hall–Kier alpha value is -4.58. The number of sulfonamides is 1. The number of hydrogen-bond acceptors (Lipinski definition) is 7. The third-order valence-corrected chi connectivity index (χ3v) is 12.3. The molecule has 2 heterocycles. The molecule has 51 heavy (non-hydrogen) atoms. The molecule has 5 unspecified atom stereocenters. The summed E-state index contributed by atoms with van der Waals surface area (Å²) in [6.07, 6.45) is -1.25. The van der Waals surface area contributed by atoms with E-state index in [2.05, 4.69) is 0 Å². The number of phenols is 1. The quantitative estimate of drug-likeness (QED) is 0.121.